The highest BCUT2D eigenvalue weighted by molar-refractivity contribution is 5.86. The second-order valence-corrected chi connectivity index (χ2v) is 2.77. The Kier molecular flexibility index (Phi) is 5.82. The molecule has 1 amide bonds. The summed E-state index contributed by atoms with van der Waals surface area (Å²) in [5.41, 5.74) is 5.24. The summed E-state index contributed by atoms with van der Waals surface area (Å²) in [5, 5.41) is 11.0. The monoisotopic (exact) mass is 204 g/mol. The Morgan fingerprint density at radius 1 is 1.57 bits per heavy atom. The van der Waals surface area contributed by atoms with Crippen LogP contribution in [0.15, 0.2) is 0 Å². The SMILES string of the molecule is CCC(NC(=O)C(CN)OC)C(=O)O. The summed E-state index contributed by atoms with van der Waals surface area (Å²) in [6.45, 7) is 1.70. The van der Waals surface area contributed by atoms with Crippen LogP contribution in [0, 0.1) is 0 Å². The van der Waals surface area contributed by atoms with Crippen LogP contribution in [-0.2, 0) is 14.3 Å². The van der Waals surface area contributed by atoms with Crippen molar-refractivity contribution >= 4 is 11.9 Å². The fraction of sp³-hybridized carbons (Fsp3) is 0.750. The molecule has 0 fully saturated rings. The lowest BCUT2D eigenvalue weighted by Crippen LogP contribution is -2.47. The van der Waals surface area contributed by atoms with E-state index in [-0.39, 0.29) is 6.54 Å². The second kappa shape index (κ2) is 6.33. The number of nitrogens with two attached hydrogens (primary N) is 1. The summed E-state index contributed by atoms with van der Waals surface area (Å²) in [7, 11) is 1.35. The minimum atomic E-state index is -1.06. The molecule has 0 bridgehead atoms. The summed E-state index contributed by atoms with van der Waals surface area (Å²) >= 11 is 0. The summed E-state index contributed by atoms with van der Waals surface area (Å²) in [4.78, 5) is 21.9. The molecule has 0 aromatic rings. The molecule has 0 heterocycles. The van der Waals surface area contributed by atoms with Gasteiger partial charge < -0.3 is 20.9 Å². The maximum Gasteiger partial charge on any atom is 0.326 e. The van der Waals surface area contributed by atoms with Gasteiger partial charge >= 0.3 is 5.97 Å². The summed E-state index contributed by atoms with van der Waals surface area (Å²) < 4.78 is 4.76. The number of ether oxygens (including phenoxy) is 1. The van der Waals surface area contributed by atoms with E-state index in [1.54, 1.807) is 6.92 Å². The van der Waals surface area contributed by atoms with E-state index in [2.05, 4.69) is 5.32 Å². The van der Waals surface area contributed by atoms with Crippen molar-refractivity contribution in [3.63, 3.8) is 0 Å². The van der Waals surface area contributed by atoms with Crippen molar-refractivity contribution in [3.05, 3.63) is 0 Å². The Balaban J connectivity index is 4.20. The molecule has 2 unspecified atom stereocenters. The molecule has 0 rings (SSSR count). The predicted octanol–water partition coefficient (Wildman–Crippen LogP) is -1.06. The van der Waals surface area contributed by atoms with Gasteiger partial charge in [-0.05, 0) is 6.42 Å². The Morgan fingerprint density at radius 2 is 2.14 bits per heavy atom. The average Bonchev–Trinajstić information content (AvgIpc) is 2.15. The van der Waals surface area contributed by atoms with Crippen molar-refractivity contribution in [2.75, 3.05) is 13.7 Å². The molecule has 0 aliphatic rings. The van der Waals surface area contributed by atoms with E-state index < -0.39 is 24.0 Å². The van der Waals surface area contributed by atoms with Gasteiger partial charge in [0.1, 0.15) is 12.1 Å². The number of hydrogen-bond donors (Lipinski definition) is 3. The third-order valence-electron chi connectivity index (χ3n) is 1.81. The number of amides is 1. The van der Waals surface area contributed by atoms with Crippen LogP contribution in [-0.4, -0.2) is 42.8 Å². The lowest BCUT2D eigenvalue weighted by molar-refractivity contribution is -0.143. The predicted molar refractivity (Wildman–Crippen MR) is 49.7 cm³/mol. The van der Waals surface area contributed by atoms with Gasteiger partial charge in [-0.3, -0.25) is 4.79 Å². The number of carboxylic acids is 1. The van der Waals surface area contributed by atoms with Gasteiger partial charge in [-0.15, -0.1) is 0 Å². The number of carbonyl (C=O) groups is 2. The maximum atomic E-state index is 11.3. The Bertz CT molecular complexity index is 204. The van der Waals surface area contributed by atoms with Crippen molar-refractivity contribution in [3.8, 4) is 0 Å². The summed E-state index contributed by atoms with van der Waals surface area (Å²) in [6, 6.07) is -0.883. The molecule has 2 atom stereocenters. The lowest BCUT2D eigenvalue weighted by atomic mass is 10.2. The minimum absolute atomic E-state index is 0.0262. The molecule has 4 N–H and O–H groups in total. The van der Waals surface area contributed by atoms with Crippen LogP contribution < -0.4 is 11.1 Å². The molecule has 0 aromatic carbocycles. The average molecular weight is 204 g/mol. The van der Waals surface area contributed by atoms with Crippen LogP contribution in [0.1, 0.15) is 13.3 Å². The first-order valence-electron chi connectivity index (χ1n) is 4.32. The topological polar surface area (TPSA) is 102 Å². The molecule has 82 valence electrons. The zero-order chi connectivity index (χ0) is 11.1. The van der Waals surface area contributed by atoms with Crippen LogP contribution in [0.5, 0.6) is 0 Å². The number of methoxy groups -OCH3 is 1. The smallest absolute Gasteiger partial charge is 0.326 e. The van der Waals surface area contributed by atoms with Crippen LogP contribution >= 0.6 is 0 Å². The Hall–Kier alpha value is -1.14. The van der Waals surface area contributed by atoms with E-state index >= 15 is 0 Å². The number of rotatable bonds is 6. The Morgan fingerprint density at radius 3 is 2.43 bits per heavy atom. The molecule has 0 aliphatic heterocycles. The highest BCUT2D eigenvalue weighted by Crippen LogP contribution is 1.94. The van der Waals surface area contributed by atoms with Gasteiger partial charge in [0.05, 0.1) is 0 Å². The van der Waals surface area contributed by atoms with Crippen LogP contribution in [0.3, 0.4) is 0 Å². The molecule has 6 heteroatoms. The molecule has 0 aromatic heterocycles. The first kappa shape index (κ1) is 12.9. The lowest BCUT2D eigenvalue weighted by Gasteiger charge is -2.16. The first-order valence-corrected chi connectivity index (χ1v) is 4.32. The quantitative estimate of drug-likeness (QED) is 0.512. The number of aliphatic carboxylic acids is 1. The molecule has 0 radical (unpaired) electrons. The zero-order valence-electron chi connectivity index (χ0n) is 8.32. The summed E-state index contributed by atoms with van der Waals surface area (Å²) in [5.74, 6) is -1.56. The normalized spacial score (nSPS) is 14.5. The van der Waals surface area contributed by atoms with E-state index in [4.69, 9.17) is 15.6 Å². The van der Waals surface area contributed by atoms with Gasteiger partial charge in [0.2, 0.25) is 0 Å². The Labute approximate surface area is 82.4 Å². The van der Waals surface area contributed by atoms with Gasteiger partial charge in [-0.2, -0.15) is 0 Å². The van der Waals surface area contributed by atoms with E-state index in [1.807, 2.05) is 0 Å². The number of carbonyl (C=O) groups excluding carboxylic acids is 1. The van der Waals surface area contributed by atoms with Gasteiger partial charge in [-0.25, -0.2) is 4.79 Å². The molecule has 0 spiro atoms. The standard InChI is InChI=1S/C8H16N2O4/c1-3-5(8(12)13)10-7(11)6(4-9)14-2/h5-6H,3-4,9H2,1-2H3,(H,10,11)(H,12,13). The molecule has 0 saturated heterocycles. The number of nitrogens with one attached hydrogen (secondary N) is 1. The van der Waals surface area contributed by atoms with Crippen LogP contribution in [0.25, 0.3) is 0 Å². The largest absolute Gasteiger partial charge is 0.480 e. The van der Waals surface area contributed by atoms with Gasteiger partial charge in [0.25, 0.3) is 5.91 Å². The fourth-order valence-corrected chi connectivity index (χ4v) is 0.913. The number of hydrogen-bond acceptors (Lipinski definition) is 4. The zero-order valence-corrected chi connectivity index (χ0v) is 8.32. The second-order valence-electron chi connectivity index (χ2n) is 2.77. The molecular weight excluding hydrogens is 188 g/mol. The fourth-order valence-electron chi connectivity index (χ4n) is 0.913. The third kappa shape index (κ3) is 3.71. The van der Waals surface area contributed by atoms with Crippen molar-refractivity contribution in [1.82, 2.24) is 5.32 Å². The van der Waals surface area contributed by atoms with Crippen LogP contribution in [0.4, 0.5) is 0 Å². The van der Waals surface area contributed by atoms with E-state index in [0.717, 1.165) is 0 Å². The summed E-state index contributed by atoms with van der Waals surface area (Å²) in [6.07, 6.45) is -0.467. The van der Waals surface area contributed by atoms with Crippen molar-refractivity contribution in [2.24, 2.45) is 5.73 Å². The van der Waals surface area contributed by atoms with Gasteiger partial charge in [0, 0.05) is 13.7 Å². The molecule has 14 heavy (non-hydrogen) atoms. The van der Waals surface area contributed by atoms with Crippen LogP contribution in [0.2, 0.25) is 0 Å². The molecule has 0 saturated carbocycles. The maximum absolute atomic E-state index is 11.3. The third-order valence-corrected chi connectivity index (χ3v) is 1.81. The van der Waals surface area contributed by atoms with Crippen molar-refractivity contribution in [2.45, 2.75) is 25.5 Å². The minimum Gasteiger partial charge on any atom is -0.480 e. The van der Waals surface area contributed by atoms with E-state index in [1.165, 1.54) is 7.11 Å². The van der Waals surface area contributed by atoms with Crippen molar-refractivity contribution < 1.29 is 19.4 Å². The highest BCUT2D eigenvalue weighted by atomic mass is 16.5. The van der Waals surface area contributed by atoms with Gasteiger partial charge in [0.15, 0.2) is 0 Å². The van der Waals surface area contributed by atoms with E-state index in [0.29, 0.717) is 6.42 Å². The molecular formula is C8H16N2O4. The first-order chi connectivity index (χ1) is 6.56. The number of carboxylic acid groups (broad SMARTS) is 1. The highest BCUT2D eigenvalue weighted by Gasteiger charge is 2.22. The van der Waals surface area contributed by atoms with E-state index in [9.17, 15) is 9.59 Å². The molecule has 0 aliphatic carbocycles. The van der Waals surface area contributed by atoms with Crippen molar-refractivity contribution in [1.29, 1.82) is 0 Å². The molecule has 6 nitrogen and oxygen atoms in total. The van der Waals surface area contributed by atoms with Gasteiger partial charge in [-0.1, -0.05) is 6.92 Å².